The molecule has 5 aromatic rings. The highest BCUT2D eigenvalue weighted by atomic mass is 35.5. The van der Waals surface area contributed by atoms with Crippen LogP contribution in [0.3, 0.4) is 0 Å². The van der Waals surface area contributed by atoms with Gasteiger partial charge in [0.15, 0.2) is 5.82 Å². The van der Waals surface area contributed by atoms with Crippen molar-refractivity contribution in [3.05, 3.63) is 105 Å². The number of hydrogen-bond acceptors (Lipinski definition) is 8. The number of nitrogens with one attached hydrogen (secondary N) is 1. The van der Waals surface area contributed by atoms with E-state index in [0.717, 1.165) is 16.7 Å². The van der Waals surface area contributed by atoms with Gasteiger partial charge in [0.1, 0.15) is 17.6 Å². The lowest BCUT2D eigenvalue weighted by Crippen LogP contribution is -2.35. The van der Waals surface area contributed by atoms with Crippen LogP contribution in [0.2, 0.25) is 5.02 Å². The second-order valence-electron chi connectivity index (χ2n) is 8.74. The molecule has 0 radical (unpaired) electrons. The number of pyridine rings is 1. The summed E-state index contributed by atoms with van der Waals surface area (Å²) in [7, 11) is 3.22. The van der Waals surface area contributed by atoms with E-state index in [2.05, 4.69) is 25.4 Å². The first-order valence-corrected chi connectivity index (χ1v) is 12.4. The maximum Gasteiger partial charge on any atom is 0.253 e. The average Bonchev–Trinajstić information content (AvgIpc) is 3.61. The minimum absolute atomic E-state index is 0.252. The van der Waals surface area contributed by atoms with E-state index in [1.165, 1.54) is 0 Å². The molecule has 0 bridgehead atoms. The van der Waals surface area contributed by atoms with Crippen LogP contribution in [0.15, 0.2) is 76.1 Å². The number of halogens is 1. The van der Waals surface area contributed by atoms with E-state index < -0.39 is 6.04 Å². The van der Waals surface area contributed by atoms with Crippen LogP contribution < -0.4 is 10.3 Å². The summed E-state index contributed by atoms with van der Waals surface area (Å²) in [4.78, 5) is 18.7. The standard InChI is InChI=1S/C27H27ClN6O4/c1-36-13-11-34-26(30-31-32-34)25(22-15-19-14-20(37-2)9-10-24(19)29-27(22)35)33(17-21-7-5-12-38-21)16-18-6-3-4-8-23(18)28/h3-10,12,14-15,25H,11,13,16-17H2,1-2H3,(H,29,35)/t25-/m1/s1. The van der Waals surface area contributed by atoms with Gasteiger partial charge in [0.2, 0.25) is 0 Å². The number of furan rings is 1. The topological polar surface area (TPSA) is 111 Å². The number of tetrazole rings is 1. The number of nitrogens with zero attached hydrogens (tertiary/aromatic N) is 5. The smallest absolute Gasteiger partial charge is 0.253 e. The van der Waals surface area contributed by atoms with E-state index in [1.54, 1.807) is 31.2 Å². The summed E-state index contributed by atoms with van der Waals surface area (Å²) in [6.45, 7) is 1.58. The van der Waals surface area contributed by atoms with Crippen LogP contribution >= 0.6 is 11.6 Å². The van der Waals surface area contributed by atoms with E-state index in [0.29, 0.717) is 53.9 Å². The number of hydrogen-bond donors (Lipinski definition) is 1. The molecule has 38 heavy (non-hydrogen) atoms. The lowest BCUT2D eigenvalue weighted by atomic mass is 10.0. The van der Waals surface area contributed by atoms with Gasteiger partial charge in [0.05, 0.1) is 33.1 Å². The zero-order valence-corrected chi connectivity index (χ0v) is 21.8. The zero-order chi connectivity index (χ0) is 26.5. The Morgan fingerprint density at radius 1 is 1.11 bits per heavy atom. The summed E-state index contributed by atoms with van der Waals surface area (Å²) in [6.07, 6.45) is 1.62. The van der Waals surface area contributed by atoms with Crippen molar-refractivity contribution in [1.82, 2.24) is 30.1 Å². The van der Waals surface area contributed by atoms with Crippen molar-refractivity contribution >= 4 is 22.5 Å². The summed E-state index contributed by atoms with van der Waals surface area (Å²) < 4.78 is 18.1. The fourth-order valence-electron chi connectivity index (χ4n) is 4.46. The Labute approximate surface area is 223 Å². The molecule has 2 aromatic carbocycles. The Kier molecular flexibility index (Phi) is 7.83. The third-order valence-corrected chi connectivity index (χ3v) is 6.69. The molecule has 3 aromatic heterocycles. The molecule has 0 amide bonds. The highest BCUT2D eigenvalue weighted by Crippen LogP contribution is 2.32. The van der Waals surface area contributed by atoms with E-state index in [9.17, 15) is 4.79 Å². The summed E-state index contributed by atoms with van der Waals surface area (Å²) >= 11 is 6.57. The second-order valence-corrected chi connectivity index (χ2v) is 9.15. The molecule has 3 heterocycles. The number of aromatic amines is 1. The summed E-state index contributed by atoms with van der Waals surface area (Å²) in [5.74, 6) is 1.89. The SMILES string of the molecule is COCCn1nnnc1[C@@H](c1cc2cc(OC)ccc2[nH]c1=O)N(Cc1ccco1)Cc1ccccc1Cl. The third-order valence-electron chi connectivity index (χ3n) is 6.32. The normalized spacial score (nSPS) is 12.3. The molecule has 0 aliphatic heterocycles. The fraction of sp³-hybridized carbons (Fsp3) is 0.259. The summed E-state index contributed by atoms with van der Waals surface area (Å²) in [5.41, 5.74) is 1.80. The van der Waals surface area contributed by atoms with Crippen molar-refractivity contribution in [3.63, 3.8) is 0 Å². The Bertz CT molecular complexity index is 1570. The Morgan fingerprint density at radius 3 is 2.74 bits per heavy atom. The van der Waals surface area contributed by atoms with Crippen molar-refractivity contribution in [1.29, 1.82) is 0 Å². The number of aromatic nitrogens is 5. The molecule has 0 unspecified atom stereocenters. The van der Waals surface area contributed by atoms with Gasteiger partial charge in [-0.3, -0.25) is 9.69 Å². The largest absolute Gasteiger partial charge is 0.497 e. The maximum atomic E-state index is 13.6. The van der Waals surface area contributed by atoms with Crippen LogP contribution in [0.1, 0.15) is 28.8 Å². The van der Waals surface area contributed by atoms with Gasteiger partial charge in [0, 0.05) is 35.1 Å². The lowest BCUT2D eigenvalue weighted by molar-refractivity contribution is 0.163. The highest BCUT2D eigenvalue weighted by molar-refractivity contribution is 6.31. The van der Waals surface area contributed by atoms with Crippen LogP contribution in [0, 0.1) is 0 Å². The average molecular weight is 535 g/mol. The first-order chi connectivity index (χ1) is 18.6. The van der Waals surface area contributed by atoms with Crippen molar-refractivity contribution in [2.24, 2.45) is 0 Å². The van der Waals surface area contributed by atoms with Crippen LogP contribution in [0.4, 0.5) is 0 Å². The minimum atomic E-state index is -0.650. The van der Waals surface area contributed by atoms with Gasteiger partial charge in [0.25, 0.3) is 5.56 Å². The van der Waals surface area contributed by atoms with Gasteiger partial charge < -0.3 is 18.9 Å². The first kappa shape index (κ1) is 25.7. The Balaban J connectivity index is 1.70. The number of ether oxygens (including phenoxy) is 2. The molecule has 0 spiro atoms. The molecule has 10 nitrogen and oxygen atoms in total. The number of fused-ring (bicyclic) bond motifs is 1. The van der Waals surface area contributed by atoms with E-state index in [1.807, 2.05) is 54.6 Å². The van der Waals surface area contributed by atoms with Crippen LogP contribution in [0.25, 0.3) is 10.9 Å². The summed E-state index contributed by atoms with van der Waals surface area (Å²) in [6, 6.07) is 18.0. The molecule has 0 saturated heterocycles. The van der Waals surface area contributed by atoms with Crippen LogP contribution in [0.5, 0.6) is 5.75 Å². The molecule has 11 heteroatoms. The molecule has 0 saturated carbocycles. The van der Waals surface area contributed by atoms with Crippen molar-refractivity contribution < 1.29 is 13.9 Å². The monoisotopic (exact) mass is 534 g/mol. The molecule has 0 aliphatic rings. The molecule has 1 N–H and O–H groups in total. The predicted octanol–water partition coefficient (Wildman–Crippen LogP) is 4.21. The van der Waals surface area contributed by atoms with Crippen molar-refractivity contribution in [2.45, 2.75) is 25.7 Å². The first-order valence-electron chi connectivity index (χ1n) is 12.0. The van der Waals surface area contributed by atoms with Gasteiger partial charge >= 0.3 is 0 Å². The predicted molar refractivity (Wildman–Crippen MR) is 142 cm³/mol. The third kappa shape index (κ3) is 5.47. The number of rotatable bonds is 11. The molecule has 0 fully saturated rings. The molecule has 196 valence electrons. The van der Waals surface area contributed by atoms with Gasteiger partial charge in [-0.25, -0.2) is 4.68 Å². The molecular weight excluding hydrogens is 508 g/mol. The Morgan fingerprint density at radius 2 is 1.97 bits per heavy atom. The molecular formula is C27H27ClN6O4. The van der Waals surface area contributed by atoms with Crippen molar-refractivity contribution in [3.8, 4) is 5.75 Å². The van der Waals surface area contributed by atoms with Crippen LogP contribution in [-0.2, 0) is 24.4 Å². The second kappa shape index (κ2) is 11.6. The van der Waals surface area contributed by atoms with E-state index in [4.69, 9.17) is 25.5 Å². The Hall–Kier alpha value is -3.99. The molecule has 5 rings (SSSR count). The number of methoxy groups -OCH3 is 2. The highest BCUT2D eigenvalue weighted by Gasteiger charge is 2.31. The van der Waals surface area contributed by atoms with Gasteiger partial charge in [-0.1, -0.05) is 29.8 Å². The molecule has 1 atom stereocenters. The van der Waals surface area contributed by atoms with E-state index >= 15 is 0 Å². The molecule has 0 aliphatic carbocycles. The van der Waals surface area contributed by atoms with Gasteiger partial charge in [-0.05, 0) is 58.5 Å². The zero-order valence-electron chi connectivity index (χ0n) is 21.0. The van der Waals surface area contributed by atoms with Gasteiger partial charge in [-0.2, -0.15) is 0 Å². The van der Waals surface area contributed by atoms with Crippen molar-refractivity contribution in [2.75, 3.05) is 20.8 Å². The van der Waals surface area contributed by atoms with Crippen LogP contribution in [-0.4, -0.2) is 50.9 Å². The number of H-pyrrole nitrogens is 1. The van der Waals surface area contributed by atoms with E-state index in [-0.39, 0.29) is 5.56 Å². The fourth-order valence-corrected chi connectivity index (χ4v) is 4.66. The summed E-state index contributed by atoms with van der Waals surface area (Å²) in [5, 5.41) is 13.9. The van der Waals surface area contributed by atoms with Gasteiger partial charge in [-0.15, -0.1) is 5.10 Å². The quantitative estimate of drug-likeness (QED) is 0.268. The number of benzene rings is 2. The maximum absolute atomic E-state index is 13.6. The minimum Gasteiger partial charge on any atom is -0.497 e. The lowest BCUT2D eigenvalue weighted by Gasteiger charge is -2.30.